The van der Waals surface area contributed by atoms with E-state index in [1.807, 2.05) is 18.2 Å². The maximum atomic E-state index is 12.7. The zero-order valence-corrected chi connectivity index (χ0v) is 21.9. The van der Waals surface area contributed by atoms with Crippen molar-refractivity contribution in [2.24, 2.45) is 5.73 Å². The molecule has 2 aromatic carbocycles. The van der Waals surface area contributed by atoms with Crippen LogP contribution in [-0.2, 0) is 11.3 Å². The van der Waals surface area contributed by atoms with Crippen molar-refractivity contribution in [3.8, 4) is 22.6 Å². The molecule has 1 aliphatic heterocycles. The molecular weight excluding hydrogens is 522 g/mol. The highest BCUT2D eigenvalue weighted by Crippen LogP contribution is 2.37. The van der Waals surface area contributed by atoms with Gasteiger partial charge < -0.3 is 15.5 Å². The van der Waals surface area contributed by atoms with E-state index in [-0.39, 0.29) is 0 Å². The largest absolute Gasteiger partial charge is 0.379 e. The van der Waals surface area contributed by atoms with Crippen LogP contribution < -0.4 is 5.73 Å². The van der Waals surface area contributed by atoms with Crippen LogP contribution in [0, 0.1) is 0 Å². The van der Waals surface area contributed by atoms with E-state index >= 15 is 0 Å². The number of aromatic amines is 2. The van der Waals surface area contributed by atoms with Crippen molar-refractivity contribution in [2.75, 3.05) is 26.3 Å². The zero-order chi connectivity index (χ0) is 26.1. The van der Waals surface area contributed by atoms with Crippen LogP contribution in [0.15, 0.2) is 70.8 Å². The molecule has 0 atom stereocenters. The van der Waals surface area contributed by atoms with Gasteiger partial charge in [-0.25, -0.2) is 9.97 Å². The number of aromatic nitrogens is 5. The van der Waals surface area contributed by atoms with Crippen LogP contribution in [0.2, 0.25) is 5.02 Å². The van der Waals surface area contributed by atoms with E-state index in [4.69, 9.17) is 27.1 Å². The predicted molar refractivity (Wildman–Crippen MR) is 147 cm³/mol. The van der Waals surface area contributed by atoms with E-state index in [0.717, 1.165) is 48.8 Å². The van der Waals surface area contributed by atoms with Crippen molar-refractivity contribution in [2.45, 2.75) is 16.5 Å². The quantitative estimate of drug-likeness (QED) is 0.269. The highest BCUT2D eigenvalue weighted by molar-refractivity contribution is 7.99. The minimum Gasteiger partial charge on any atom is -0.379 e. The number of benzene rings is 2. The number of pyridine rings is 1. The van der Waals surface area contributed by atoms with Crippen LogP contribution in [-0.4, -0.2) is 62.3 Å². The second kappa shape index (κ2) is 10.6. The van der Waals surface area contributed by atoms with E-state index in [1.54, 1.807) is 30.6 Å². The Morgan fingerprint density at radius 1 is 1.11 bits per heavy atom. The number of rotatable bonds is 7. The maximum absolute atomic E-state index is 12.7. The SMILES string of the molecule is NC(=O)c1c(-c2c[nH]nc2-c2nc3cc(CN4CCOCC4)ccc3[nH]2)ccnc1Sc1ccc(Cl)cc1. The van der Waals surface area contributed by atoms with Gasteiger partial charge in [-0.05, 0) is 48.0 Å². The molecule has 192 valence electrons. The summed E-state index contributed by atoms with van der Waals surface area (Å²) in [6, 6.07) is 15.3. The standard InChI is InChI=1S/C27H24ClN7O2S/c28-17-2-4-18(5-3-17)38-27-23(25(29)36)19(7-8-30-27)20-14-31-34-24(20)26-32-21-6-1-16(13-22(21)33-26)15-35-9-11-37-12-10-35/h1-8,13-14H,9-12,15H2,(H2,29,36)(H,31,34)(H,32,33). The van der Waals surface area contributed by atoms with Crippen LogP contribution in [0.3, 0.4) is 0 Å². The number of fused-ring (bicyclic) bond motifs is 1. The van der Waals surface area contributed by atoms with Gasteiger partial charge >= 0.3 is 0 Å². The molecule has 9 nitrogen and oxygen atoms in total. The number of hydrogen-bond acceptors (Lipinski definition) is 7. The normalized spacial score (nSPS) is 14.2. The van der Waals surface area contributed by atoms with Crippen molar-refractivity contribution in [3.63, 3.8) is 0 Å². The number of halogens is 1. The lowest BCUT2D eigenvalue weighted by molar-refractivity contribution is 0.0342. The van der Waals surface area contributed by atoms with E-state index in [1.165, 1.54) is 17.3 Å². The lowest BCUT2D eigenvalue weighted by Crippen LogP contribution is -2.35. The summed E-state index contributed by atoms with van der Waals surface area (Å²) >= 11 is 7.37. The molecular formula is C27H24ClN7O2S. The third-order valence-corrected chi connectivity index (χ3v) is 7.67. The molecule has 6 rings (SSSR count). The first-order valence-electron chi connectivity index (χ1n) is 12.1. The minimum absolute atomic E-state index is 0.319. The molecule has 0 unspecified atom stereocenters. The molecule has 1 aliphatic rings. The molecule has 0 saturated carbocycles. The van der Waals surface area contributed by atoms with Crippen LogP contribution in [0.1, 0.15) is 15.9 Å². The van der Waals surface area contributed by atoms with Crippen LogP contribution >= 0.6 is 23.4 Å². The molecule has 4 N–H and O–H groups in total. The number of carbonyl (C=O) groups excluding carboxylic acids is 1. The predicted octanol–water partition coefficient (Wildman–Crippen LogP) is 4.75. The monoisotopic (exact) mass is 545 g/mol. The van der Waals surface area contributed by atoms with Crippen LogP contribution in [0.25, 0.3) is 33.7 Å². The average Bonchev–Trinajstić information content (AvgIpc) is 3.57. The summed E-state index contributed by atoms with van der Waals surface area (Å²) in [4.78, 5) is 28.6. The number of nitrogens with two attached hydrogens (primary N) is 1. The van der Waals surface area contributed by atoms with Crippen molar-refractivity contribution < 1.29 is 9.53 Å². The van der Waals surface area contributed by atoms with Gasteiger partial charge in [-0.1, -0.05) is 29.4 Å². The number of hydrogen-bond donors (Lipinski definition) is 3. The molecule has 0 radical (unpaired) electrons. The van der Waals surface area contributed by atoms with Gasteiger partial charge in [0, 0.05) is 53.1 Å². The Bertz CT molecular complexity index is 1610. The molecule has 0 aliphatic carbocycles. The highest BCUT2D eigenvalue weighted by atomic mass is 35.5. The third-order valence-electron chi connectivity index (χ3n) is 6.40. The summed E-state index contributed by atoms with van der Waals surface area (Å²) in [5.41, 5.74) is 11.0. The molecule has 1 amide bonds. The number of H-pyrrole nitrogens is 2. The first-order chi connectivity index (χ1) is 18.5. The number of morpholine rings is 1. The Kier molecular flexibility index (Phi) is 6.86. The molecule has 1 fully saturated rings. The van der Waals surface area contributed by atoms with Crippen molar-refractivity contribution in [1.29, 1.82) is 0 Å². The number of nitrogens with one attached hydrogen (secondary N) is 2. The average molecular weight is 546 g/mol. The van der Waals surface area contributed by atoms with Gasteiger partial charge in [-0.15, -0.1) is 0 Å². The van der Waals surface area contributed by atoms with Gasteiger partial charge in [-0.2, -0.15) is 5.10 Å². The molecule has 11 heteroatoms. The molecule has 38 heavy (non-hydrogen) atoms. The molecule has 5 aromatic rings. The summed E-state index contributed by atoms with van der Waals surface area (Å²) in [7, 11) is 0. The van der Waals surface area contributed by atoms with Gasteiger partial charge in [0.15, 0.2) is 5.82 Å². The highest BCUT2D eigenvalue weighted by Gasteiger charge is 2.23. The van der Waals surface area contributed by atoms with Crippen LogP contribution in [0.4, 0.5) is 0 Å². The first-order valence-corrected chi connectivity index (χ1v) is 13.3. The maximum Gasteiger partial charge on any atom is 0.252 e. The fraction of sp³-hybridized carbons (Fsp3) is 0.185. The van der Waals surface area contributed by atoms with Crippen molar-refractivity contribution in [3.05, 3.63) is 77.1 Å². The fourth-order valence-electron chi connectivity index (χ4n) is 4.55. The lowest BCUT2D eigenvalue weighted by atomic mass is 10.0. The topological polar surface area (TPSA) is 126 Å². The Hall–Kier alpha value is -3.70. The van der Waals surface area contributed by atoms with Gasteiger partial charge in [0.1, 0.15) is 10.7 Å². The van der Waals surface area contributed by atoms with Crippen LogP contribution in [0.5, 0.6) is 0 Å². The first kappa shape index (κ1) is 24.6. The summed E-state index contributed by atoms with van der Waals surface area (Å²) in [6.07, 6.45) is 3.40. The smallest absolute Gasteiger partial charge is 0.252 e. The van der Waals surface area contributed by atoms with E-state index in [0.29, 0.717) is 38.3 Å². The summed E-state index contributed by atoms with van der Waals surface area (Å²) < 4.78 is 5.46. The summed E-state index contributed by atoms with van der Waals surface area (Å²) in [6.45, 7) is 4.22. The fourth-order valence-corrected chi connectivity index (χ4v) is 5.60. The number of primary amides is 1. The van der Waals surface area contributed by atoms with Crippen molar-refractivity contribution >= 4 is 40.3 Å². The summed E-state index contributed by atoms with van der Waals surface area (Å²) in [5, 5.41) is 8.52. The lowest BCUT2D eigenvalue weighted by Gasteiger charge is -2.26. The molecule has 1 saturated heterocycles. The molecule has 0 spiro atoms. The summed E-state index contributed by atoms with van der Waals surface area (Å²) in [5.74, 6) is 0.0213. The number of imidazole rings is 1. The van der Waals surface area contributed by atoms with E-state index < -0.39 is 5.91 Å². The van der Waals surface area contributed by atoms with E-state index in [9.17, 15) is 4.79 Å². The Morgan fingerprint density at radius 2 is 1.92 bits per heavy atom. The van der Waals surface area contributed by atoms with Gasteiger partial charge in [0.25, 0.3) is 5.91 Å². The number of carbonyl (C=O) groups is 1. The Balaban J connectivity index is 1.34. The van der Waals surface area contributed by atoms with E-state index in [2.05, 4.69) is 37.2 Å². The third kappa shape index (κ3) is 5.03. The molecule has 4 heterocycles. The molecule has 3 aromatic heterocycles. The molecule has 0 bridgehead atoms. The number of amides is 1. The van der Waals surface area contributed by atoms with Gasteiger partial charge in [0.2, 0.25) is 0 Å². The second-order valence-electron chi connectivity index (χ2n) is 8.93. The second-order valence-corrected chi connectivity index (χ2v) is 10.4. The Labute approximate surface area is 227 Å². The van der Waals surface area contributed by atoms with Crippen molar-refractivity contribution in [1.82, 2.24) is 30.0 Å². The Morgan fingerprint density at radius 3 is 2.71 bits per heavy atom. The van der Waals surface area contributed by atoms with Gasteiger partial charge in [-0.3, -0.25) is 14.8 Å². The zero-order valence-electron chi connectivity index (χ0n) is 20.3. The van der Waals surface area contributed by atoms with Gasteiger partial charge in [0.05, 0.1) is 29.8 Å². The number of ether oxygens (including phenoxy) is 1. The number of nitrogens with zero attached hydrogens (tertiary/aromatic N) is 4. The minimum atomic E-state index is -0.575.